The summed E-state index contributed by atoms with van der Waals surface area (Å²) < 4.78 is 40.5. The Morgan fingerprint density at radius 3 is 2.35 bits per heavy atom. The fourth-order valence-electron chi connectivity index (χ4n) is 1.40. The number of hydrogen-bond donors (Lipinski definition) is 1. The van der Waals surface area contributed by atoms with Crippen molar-refractivity contribution in [3.8, 4) is 0 Å². The van der Waals surface area contributed by atoms with Crippen LogP contribution in [0.4, 0.5) is 13.2 Å². The zero-order chi connectivity index (χ0) is 12.9. The Kier molecular flexibility index (Phi) is 4.51. The number of primary amides is 1. The van der Waals surface area contributed by atoms with E-state index in [2.05, 4.69) is 4.74 Å². The molecule has 0 aromatic heterocycles. The molecule has 1 aromatic carbocycles. The molecule has 0 heterocycles. The second-order valence-electron chi connectivity index (χ2n) is 3.47. The number of carbonyl (C=O) groups is 1. The van der Waals surface area contributed by atoms with Crippen molar-refractivity contribution >= 4 is 5.91 Å². The van der Waals surface area contributed by atoms with E-state index in [1.165, 1.54) is 12.1 Å². The highest BCUT2D eigenvalue weighted by molar-refractivity contribution is 5.73. The molecule has 1 atom stereocenters. The molecule has 1 rings (SSSR count). The van der Waals surface area contributed by atoms with E-state index in [9.17, 15) is 18.0 Å². The summed E-state index contributed by atoms with van der Waals surface area (Å²) in [4.78, 5) is 10.6. The van der Waals surface area contributed by atoms with Gasteiger partial charge in [0.2, 0.25) is 5.91 Å². The fraction of sp³-hybridized carbons (Fsp3) is 0.364. The van der Waals surface area contributed by atoms with E-state index in [0.29, 0.717) is 5.56 Å². The van der Waals surface area contributed by atoms with E-state index in [1.807, 2.05) is 0 Å². The Morgan fingerprint density at radius 1 is 1.29 bits per heavy atom. The lowest BCUT2D eigenvalue weighted by Gasteiger charge is -2.19. The minimum atomic E-state index is -4.74. The Balaban J connectivity index is 2.75. The monoisotopic (exact) mass is 247 g/mol. The lowest BCUT2D eigenvalue weighted by molar-refractivity contribution is -0.345. The second kappa shape index (κ2) is 5.67. The van der Waals surface area contributed by atoms with Gasteiger partial charge in [0.15, 0.2) is 0 Å². The topological polar surface area (TPSA) is 52.3 Å². The lowest BCUT2D eigenvalue weighted by Crippen LogP contribution is -2.20. The van der Waals surface area contributed by atoms with Crippen LogP contribution in [0.1, 0.15) is 24.5 Å². The molecule has 0 spiro atoms. The highest BCUT2D eigenvalue weighted by atomic mass is 19.4. The number of ether oxygens (including phenoxy) is 1. The van der Waals surface area contributed by atoms with Crippen molar-refractivity contribution in [3.05, 3.63) is 35.9 Å². The third-order valence-electron chi connectivity index (χ3n) is 2.10. The molecule has 6 heteroatoms. The minimum Gasteiger partial charge on any atom is -0.370 e. The molecule has 94 valence electrons. The molecule has 0 aliphatic heterocycles. The number of hydrogen-bond acceptors (Lipinski definition) is 2. The van der Waals surface area contributed by atoms with E-state index in [0.717, 1.165) is 0 Å². The number of carbonyl (C=O) groups excluding carboxylic acids is 1. The average Bonchev–Trinajstić information content (AvgIpc) is 2.24. The minimum absolute atomic E-state index is 0.0984. The third kappa shape index (κ3) is 5.35. The zero-order valence-electron chi connectivity index (χ0n) is 8.91. The van der Waals surface area contributed by atoms with Crippen LogP contribution in [0.25, 0.3) is 0 Å². The van der Waals surface area contributed by atoms with Gasteiger partial charge in [0.25, 0.3) is 0 Å². The Bertz CT molecular complexity index is 365. The first kappa shape index (κ1) is 13.5. The summed E-state index contributed by atoms with van der Waals surface area (Å²) in [5.41, 5.74) is 5.27. The summed E-state index contributed by atoms with van der Waals surface area (Å²) >= 11 is 0. The summed E-state index contributed by atoms with van der Waals surface area (Å²) in [5, 5.41) is 0. The molecular formula is C11H12F3NO2. The Hall–Kier alpha value is -1.56. The molecule has 17 heavy (non-hydrogen) atoms. The van der Waals surface area contributed by atoms with Crippen LogP contribution in [0.3, 0.4) is 0 Å². The third-order valence-corrected chi connectivity index (χ3v) is 2.10. The van der Waals surface area contributed by atoms with Gasteiger partial charge in [-0.25, -0.2) is 0 Å². The van der Waals surface area contributed by atoms with Crippen molar-refractivity contribution in [1.82, 2.24) is 0 Å². The van der Waals surface area contributed by atoms with Crippen molar-refractivity contribution in [2.45, 2.75) is 25.3 Å². The van der Waals surface area contributed by atoms with Crippen LogP contribution in [0.5, 0.6) is 0 Å². The molecule has 0 bridgehead atoms. The molecule has 0 saturated carbocycles. The fourth-order valence-corrected chi connectivity index (χ4v) is 1.40. The van der Waals surface area contributed by atoms with Crippen LogP contribution >= 0.6 is 0 Å². The highest BCUT2D eigenvalue weighted by Gasteiger charge is 2.34. The van der Waals surface area contributed by atoms with Gasteiger partial charge < -0.3 is 5.73 Å². The van der Waals surface area contributed by atoms with Crippen LogP contribution in [-0.4, -0.2) is 12.3 Å². The van der Waals surface area contributed by atoms with E-state index >= 15 is 0 Å². The standard InChI is InChI=1S/C11H12F3NO2/c12-11(13,14)17-9(6-7-10(15)16)8-4-2-1-3-5-8/h1-5,9H,6-7H2,(H2,15,16). The Labute approximate surface area is 96.4 Å². The predicted molar refractivity (Wildman–Crippen MR) is 54.8 cm³/mol. The van der Waals surface area contributed by atoms with Gasteiger partial charge >= 0.3 is 6.36 Å². The van der Waals surface area contributed by atoms with Gasteiger partial charge in [-0.05, 0) is 12.0 Å². The van der Waals surface area contributed by atoms with Gasteiger partial charge in [-0.15, -0.1) is 13.2 Å². The quantitative estimate of drug-likeness (QED) is 0.869. The maximum Gasteiger partial charge on any atom is 0.523 e. The first-order chi connectivity index (χ1) is 7.88. The first-order valence-electron chi connectivity index (χ1n) is 4.96. The molecule has 1 unspecified atom stereocenters. The molecule has 0 aliphatic rings. The van der Waals surface area contributed by atoms with Crippen LogP contribution in [0.2, 0.25) is 0 Å². The average molecular weight is 247 g/mol. The number of rotatable bonds is 5. The lowest BCUT2D eigenvalue weighted by atomic mass is 10.0. The number of benzene rings is 1. The van der Waals surface area contributed by atoms with Crippen molar-refractivity contribution in [2.24, 2.45) is 5.73 Å². The Morgan fingerprint density at radius 2 is 1.88 bits per heavy atom. The summed E-state index contributed by atoms with van der Waals surface area (Å²) in [5.74, 6) is -0.656. The molecule has 0 radical (unpaired) electrons. The van der Waals surface area contributed by atoms with Gasteiger partial charge in [0, 0.05) is 6.42 Å². The number of alkyl halides is 3. The van der Waals surface area contributed by atoms with Crippen molar-refractivity contribution in [3.63, 3.8) is 0 Å². The van der Waals surface area contributed by atoms with Crippen LogP contribution in [0.15, 0.2) is 30.3 Å². The molecule has 0 aliphatic carbocycles. The van der Waals surface area contributed by atoms with Crippen molar-refractivity contribution in [1.29, 1.82) is 0 Å². The van der Waals surface area contributed by atoms with Crippen molar-refractivity contribution < 1.29 is 22.7 Å². The molecule has 1 aromatic rings. The van der Waals surface area contributed by atoms with Gasteiger partial charge in [0.05, 0.1) is 6.10 Å². The van der Waals surface area contributed by atoms with Crippen LogP contribution in [-0.2, 0) is 9.53 Å². The van der Waals surface area contributed by atoms with Gasteiger partial charge in [-0.2, -0.15) is 0 Å². The molecule has 2 N–H and O–H groups in total. The first-order valence-corrected chi connectivity index (χ1v) is 4.96. The summed E-state index contributed by atoms with van der Waals surface area (Å²) in [7, 11) is 0. The molecule has 0 fully saturated rings. The van der Waals surface area contributed by atoms with E-state index in [4.69, 9.17) is 5.73 Å². The number of halogens is 3. The van der Waals surface area contributed by atoms with E-state index in [-0.39, 0.29) is 12.8 Å². The summed E-state index contributed by atoms with van der Waals surface area (Å²) in [6.07, 6.45) is -6.20. The predicted octanol–water partition coefficient (Wildman–Crippen LogP) is 2.53. The normalized spacial score (nSPS) is 13.4. The smallest absolute Gasteiger partial charge is 0.370 e. The second-order valence-corrected chi connectivity index (χ2v) is 3.47. The van der Waals surface area contributed by atoms with Crippen LogP contribution in [0, 0.1) is 0 Å². The molecular weight excluding hydrogens is 235 g/mol. The number of amides is 1. The molecule has 0 saturated heterocycles. The number of nitrogens with two attached hydrogens (primary N) is 1. The highest BCUT2D eigenvalue weighted by Crippen LogP contribution is 2.30. The van der Waals surface area contributed by atoms with Crippen LogP contribution < -0.4 is 5.73 Å². The maximum absolute atomic E-state index is 12.2. The largest absolute Gasteiger partial charge is 0.523 e. The van der Waals surface area contributed by atoms with Crippen molar-refractivity contribution in [2.75, 3.05) is 0 Å². The summed E-state index contributed by atoms with van der Waals surface area (Å²) in [6.45, 7) is 0. The van der Waals surface area contributed by atoms with Gasteiger partial charge in [-0.3, -0.25) is 9.53 Å². The summed E-state index contributed by atoms with van der Waals surface area (Å²) in [6, 6.07) is 7.91. The molecule has 3 nitrogen and oxygen atoms in total. The van der Waals surface area contributed by atoms with E-state index in [1.54, 1.807) is 18.2 Å². The molecule has 1 amide bonds. The van der Waals surface area contributed by atoms with Gasteiger partial charge in [0.1, 0.15) is 0 Å². The SMILES string of the molecule is NC(=O)CCC(OC(F)(F)F)c1ccccc1. The van der Waals surface area contributed by atoms with E-state index < -0.39 is 18.4 Å². The zero-order valence-corrected chi connectivity index (χ0v) is 8.91. The maximum atomic E-state index is 12.2. The van der Waals surface area contributed by atoms with Gasteiger partial charge in [-0.1, -0.05) is 30.3 Å².